The molecular weight excluding hydrogens is 285 g/mol. The molecule has 0 bridgehead atoms. The van der Waals surface area contributed by atoms with E-state index in [-0.39, 0.29) is 12.2 Å². The summed E-state index contributed by atoms with van der Waals surface area (Å²) in [7, 11) is 0. The van der Waals surface area contributed by atoms with Crippen molar-refractivity contribution < 1.29 is 18.1 Å². The lowest BCUT2D eigenvalue weighted by atomic mass is 10.1. The molecule has 21 heavy (non-hydrogen) atoms. The molecule has 1 N–H and O–H groups in total. The normalized spacial score (nSPS) is 10.5. The SMILES string of the molecule is Cc1ccc(F)cc1CNc1cc([N+](=O)[O-])c(F)cc1F. The van der Waals surface area contributed by atoms with E-state index in [9.17, 15) is 23.3 Å². The van der Waals surface area contributed by atoms with Crippen LogP contribution < -0.4 is 5.32 Å². The van der Waals surface area contributed by atoms with Crippen LogP contribution in [-0.2, 0) is 6.54 Å². The van der Waals surface area contributed by atoms with Crippen molar-refractivity contribution in [2.24, 2.45) is 0 Å². The van der Waals surface area contributed by atoms with Gasteiger partial charge in [-0.3, -0.25) is 10.1 Å². The fourth-order valence-electron chi connectivity index (χ4n) is 1.83. The summed E-state index contributed by atoms with van der Waals surface area (Å²) >= 11 is 0. The number of anilines is 1. The van der Waals surface area contributed by atoms with Crippen LogP contribution in [0.2, 0.25) is 0 Å². The van der Waals surface area contributed by atoms with Crippen LogP contribution in [0, 0.1) is 34.5 Å². The van der Waals surface area contributed by atoms with Crippen LogP contribution in [0.4, 0.5) is 24.5 Å². The predicted molar refractivity (Wildman–Crippen MR) is 71.5 cm³/mol. The summed E-state index contributed by atoms with van der Waals surface area (Å²) in [5, 5.41) is 13.2. The molecule has 0 radical (unpaired) electrons. The van der Waals surface area contributed by atoms with Crippen LogP contribution in [0.1, 0.15) is 11.1 Å². The topological polar surface area (TPSA) is 55.2 Å². The van der Waals surface area contributed by atoms with Crippen LogP contribution in [0.25, 0.3) is 0 Å². The summed E-state index contributed by atoms with van der Waals surface area (Å²) in [6, 6.07) is 5.36. The number of halogens is 3. The van der Waals surface area contributed by atoms with E-state index in [2.05, 4.69) is 5.32 Å². The van der Waals surface area contributed by atoms with Gasteiger partial charge in [-0.25, -0.2) is 8.78 Å². The minimum Gasteiger partial charge on any atom is -0.378 e. The van der Waals surface area contributed by atoms with Gasteiger partial charge in [0, 0.05) is 18.7 Å². The van der Waals surface area contributed by atoms with Crippen LogP contribution in [-0.4, -0.2) is 4.92 Å². The summed E-state index contributed by atoms with van der Waals surface area (Å²) in [5.41, 5.74) is 0.309. The largest absolute Gasteiger partial charge is 0.378 e. The van der Waals surface area contributed by atoms with Crippen molar-refractivity contribution in [1.82, 2.24) is 0 Å². The van der Waals surface area contributed by atoms with E-state index >= 15 is 0 Å². The first-order valence-electron chi connectivity index (χ1n) is 6.01. The summed E-state index contributed by atoms with van der Waals surface area (Å²) in [6.45, 7) is 1.81. The average Bonchev–Trinajstić information content (AvgIpc) is 2.41. The molecule has 2 aromatic carbocycles. The minimum absolute atomic E-state index is 0.0588. The maximum absolute atomic E-state index is 13.6. The van der Waals surface area contributed by atoms with Gasteiger partial charge in [0.05, 0.1) is 10.6 Å². The standard InChI is InChI=1S/C14H11F3N2O2/c1-8-2-3-10(15)4-9(8)7-18-13-6-14(19(20)21)12(17)5-11(13)16/h2-6,18H,7H2,1H3. The molecular formula is C14H11F3N2O2. The number of aryl methyl sites for hydroxylation is 1. The number of hydrogen-bond acceptors (Lipinski definition) is 3. The van der Waals surface area contributed by atoms with Crippen molar-refractivity contribution in [2.45, 2.75) is 13.5 Å². The molecule has 2 rings (SSSR count). The second-order valence-corrected chi connectivity index (χ2v) is 4.46. The Bertz CT molecular complexity index is 705. The molecule has 0 unspecified atom stereocenters. The molecule has 0 aliphatic carbocycles. The maximum atomic E-state index is 13.6. The fraction of sp³-hybridized carbons (Fsp3) is 0.143. The molecule has 0 spiro atoms. The van der Waals surface area contributed by atoms with Gasteiger partial charge in [0.1, 0.15) is 11.6 Å². The number of rotatable bonds is 4. The van der Waals surface area contributed by atoms with Gasteiger partial charge in [-0.2, -0.15) is 4.39 Å². The van der Waals surface area contributed by atoms with Crippen LogP contribution >= 0.6 is 0 Å². The molecule has 0 saturated heterocycles. The summed E-state index contributed by atoms with van der Waals surface area (Å²) < 4.78 is 39.9. The lowest BCUT2D eigenvalue weighted by Gasteiger charge is -2.10. The number of nitrogens with zero attached hydrogens (tertiary/aromatic N) is 1. The van der Waals surface area contributed by atoms with Crippen LogP contribution in [0.3, 0.4) is 0 Å². The van der Waals surface area contributed by atoms with Gasteiger partial charge in [-0.15, -0.1) is 0 Å². The van der Waals surface area contributed by atoms with Gasteiger partial charge in [-0.1, -0.05) is 6.07 Å². The van der Waals surface area contributed by atoms with Crippen molar-refractivity contribution in [3.05, 3.63) is 69.0 Å². The summed E-state index contributed by atoms with van der Waals surface area (Å²) in [4.78, 5) is 9.69. The second kappa shape index (κ2) is 5.82. The third-order valence-corrected chi connectivity index (χ3v) is 3.01. The Kier molecular flexibility index (Phi) is 4.11. The first-order valence-corrected chi connectivity index (χ1v) is 6.01. The Morgan fingerprint density at radius 2 is 1.86 bits per heavy atom. The van der Waals surface area contributed by atoms with Crippen LogP contribution in [0.15, 0.2) is 30.3 Å². The molecule has 0 saturated carbocycles. The first kappa shape index (κ1) is 14.8. The van der Waals surface area contributed by atoms with E-state index in [1.165, 1.54) is 12.1 Å². The highest BCUT2D eigenvalue weighted by molar-refractivity contribution is 5.53. The molecule has 0 heterocycles. The molecule has 0 amide bonds. The average molecular weight is 296 g/mol. The van der Waals surface area contributed by atoms with Crippen molar-refractivity contribution >= 4 is 11.4 Å². The predicted octanol–water partition coefficient (Wildman–Crippen LogP) is 3.93. The van der Waals surface area contributed by atoms with E-state index in [4.69, 9.17) is 0 Å². The smallest absolute Gasteiger partial charge is 0.307 e. The number of benzene rings is 2. The van der Waals surface area contributed by atoms with Gasteiger partial charge in [0.15, 0.2) is 0 Å². The van der Waals surface area contributed by atoms with Gasteiger partial charge in [0.2, 0.25) is 5.82 Å². The molecule has 110 valence electrons. The Morgan fingerprint density at radius 3 is 2.52 bits per heavy atom. The Labute approximate surface area is 118 Å². The van der Waals surface area contributed by atoms with Gasteiger partial charge < -0.3 is 5.32 Å². The van der Waals surface area contributed by atoms with Gasteiger partial charge >= 0.3 is 5.69 Å². The van der Waals surface area contributed by atoms with Crippen molar-refractivity contribution in [1.29, 1.82) is 0 Å². The highest BCUT2D eigenvalue weighted by Crippen LogP contribution is 2.25. The van der Waals surface area contributed by atoms with Gasteiger partial charge in [0.25, 0.3) is 0 Å². The Morgan fingerprint density at radius 1 is 1.14 bits per heavy atom. The monoisotopic (exact) mass is 296 g/mol. The van der Waals surface area contributed by atoms with E-state index in [1.807, 2.05) is 0 Å². The Hall–Kier alpha value is -2.57. The zero-order valence-electron chi connectivity index (χ0n) is 11.0. The molecule has 4 nitrogen and oxygen atoms in total. The number of nitro groups is 1. The lowest BCUT2D eigenvalue weighted by Crippen LogP contribution is -2.05. The molecule has 0 aliphatic heterocycles. The van der Waals surface area contributed by atoms with Crippen molar-refractivity contribution in [2.75, 3.05) is 5.32 Å². The van der Waals surface area contributed by atoms with E-state index in [0.717, 1.165) is 11.6 Å². The molecule has 2 aromatic rings. The Balaban J connectivity index is 2.25. The van der Waals surface area contributed by atoms with Crippen molar-refractivity contribution in [3.8, 4) is 0 Å². The quantitative estimate of drug-likeness (QED) is 0.687. The third-order valence-electron chi connectivity index (χ3n) is 3.01. The molecule has 0 aliphatic rings. The van der Waals surface area contributed by atoms with E-state index in [1.54, 1.807) is 13.0 Å². The summed E-state index contributed by atoms with van der Waals surface area (Å²) in [6.07, 6.45) is 0. The second-order valence-electron chi connectivity index (χ2n) is 4.46. The zero-order valence-corrected chi connectivity index (χ0v) is 11.0. The van der Waals surface area contributed by atoms with E-state index in [0.29, 0.717) is 11.6 Å². The molecule has 0 fully saturated rings. The molecule has 7 heteroatoms. The fourth-order valence-corrected chi connectivity index (χ4v) is 1.83. The molecule has 0 atom stereocenters. The third kappa shape index (κ3) is 3.31. The highest BCUT2D eigenvalue weighted by atomic mass is 19.1. The van der Waals surface area contributed by atoms with E-state index < -0.39 is 28.1 Å². The van der Waals surface area contributed by atoms with Gasteiger partial charge in [-0.05, 0) is 30.2 Å². The lowest BCUT2D eigenvalue weighted by molar-refractivity contribution is -0.387. The summed E-state index contributed by atoms with van der Waals surface area (Å²) in [5.74, 6) is -2.64. The first-order chi connectivity index (χ1) is 9.88. The minimum atomic E-state index is -1.25. The van der Waals surface area contributed by atoms with Crippen molar-refractivity contribution in [3.63, 3.8) is 0 Å². The number of hydrogen-bond donors (Lipinski definition) is 1. The maximum Gasteiger partial charge on any atom is 0.307 e. The molecule has 0 aromatic heterocycles. The number of nitrogens with one attached hydrogen (secondary N) is 1. The highest BCUT2D eigenvalue weighted by Gasteiger charge is 2.18. The van der Waals surface area contributed by atoms with Crippen LogP contribution in [0.5, 0.6) is 0 Å². The number of nitro benzene ring substituents is 1. The zero-order chi connectivity index (χ0) is 15.6.